The van der Waals surface area contributed by atoms with E-state index in [2.05, 4.69) is 20.5 Å². The van der Waals surface area contributed by atoms with Gasteiger partial charge in [-0.1, -0.05) is 23.3 Å². The van der Waals surface area contributed by atoms with E-state index in [1.54, 1.807) is 24.3 Å². The number of nitrogens with one attached hydrogen (secondary N) is 2. The van der Waals surface area contributed by atoms with Crippen molar-refractivity contribution in [3.8, 4) is 5.88 Å². The monoisotopic (exact) mass is 322 g/mol. The van der Waals surface area contributed by atoms with E-state index >= 15 is 0 Å². The molecule has 1 fully saturated rings. The van der Waals surface area contributed by atoms with Gasteiger partial charge in [0, 0.05) is 11.4 Å². The summed E-state index contributed by atoms with van der Waals surface area (Å²) in [5, 5.41) is 20.2. The zero-order valence-corrected chi connectivity index (χ0v) is 12.3. The molecular weight excluding hydrogens is 308 g/mol. The molecular formula is C13H14N4O4S. The minimum absolute atomic E-state index is 0.0678. The molecule has 2 aromatic rings. The van der Waals surface area contributed by atoms with Gasteiger partial charge in [0.1, 0.15) is 0 Å². The molecule has 22 heavy (non-hydrogen) atoms. The summed E-state index contributed by atoms with van der Waals surface area (Å²) in [6, 6.07) is 5.91. The molecule has 0 bridgehead atoms. The van der Waals surface area contributed by atoms with E-state index in [0.717, 1.165) is 0 Å². The van der Waals surface area contributed by atoms with E-state index in [0.29, 0.717) is 17.3 Å². The molecule has 1 aliphatic heterocycles. The quantitative estimate of drug-likeness (QED) is 0.730. The van der Waals surface area contributed by atoms with Crippen molar-refractivity contribution in [2.24, 2.45) is 10.2 Å². The second-order valence-electron chi connectivity index (χ2n) is 5.12. The SMILES string of the molecule is O=C(N=Nc1c(O)[nH]c2ccccc12)NC1CCS(=O)(=O)C1. The van der Waals surface area contributed by atoms with Crippen LogP contribution in [0, 0.1) is 0 Å². The van der Waals surface area contributed by atoms with E-state index in [9.17, 15) is 18.3 Å². The van der Waals surface area contributed by atoms with Crippen LogP contribution >= 0.6 is 0 Å². The molecule has 0 radical (unpaired) electrons. The standard InChI is InChI=1S/C13H14N4O4S/c18-12-11(9-3-1-2-4-10(9)15-12)16-17-13(19)14-8-5-6-22(20,21)7-8/h1-4,8,15,18H,5-7H2,(H,14,19). The van der Waals surface area contributed by atoms with Crippen LogP contribution in [0.1, 0.15) is 6.42 Å². The second kappa shape index (κ2) is 5.41. The Labute approximate surface area is 126 Å². The molecule has 0 saturated carbocycles. The molecule has 3 rings (SSSR count). The lowest BCUT2D eigenvalue weighted by Gasteiger charge is -2.06. The van der Waals surface area contributed by atoms with Crippen LogP contribution in [0.4, 0.5) is 10.5 Å². The minimum Gasteiger partial charge on any atom is -0.493 e. The average Bonchev–Trinajstić information content (AvgIpc) is 2.95. The first kappa shape index (κ1) is 14.5. The molecule has 116 valence electrons. The summed E-state index contributed by atoms with van der Waals surface area (Å²) in [4.78, 5) is 14.4. The Morgan fingerprint density at radius 3 is 2.86 bits per heavy atom. The summed E-state index contributed by atoms with van der Waals surface area (Å²) in [6.45, 7) is 0. The first-order valence-corrected chi connectivity index (χ1v) is 8.49. The largest absolute Gasteiger partial charge is 0.493 e. The Kier molecular flexibility index (Phi) is 3.57. The van der Waals surface area contributed by atoms with Gasteiger partial charge < -0.3 is 15.4 Å². The third-order valence-corrected chi connectivity index (χ3v) is 5.23. The first-order valence-electron chi connectivity index (χ1n) is 6.67. The summed E-state index contributed by atoms with van der Waals surface area (Å²) in [6.07, 6.45) is 0.377. The Morgan fingerprint density at radius 1 is 1.36 bits per heavy atom. The number of hydrogen-bond acceptors (Lipinski definition) is 5. The van der Waals surface area contributed by atoms with Gasteiger partial charge in [0.2, 0.25) is 5.88 Å². The molecule has 9 heteroatoms. The predicted molar refractivity (Wildman–Crippen MR) is 80.1 cm³/mol. The van der Waals surface area contributed by atoms with Gasteiger partial charge >= 0.3 is 6.03 Å². The van der Waals surface area contributed by atoms with Gasteiger partial charge in [0.25, 0.3) is 0 Å². The highest BCUT2D eigenvalue weighted by Crippen LogP contribution is 2.35. The highest BCUT2D eigenvalue weighted by Gasteiger charge is 2.28. The van der Waals surface area contributed by atoms with Crippen LogP contribution in [-0.4, -0.2) is 42.1 Å². The van der Waals surface area contributed by atoms with E-state index in [-0.39, 0.29) is 23.1 Å². The smallest absolute Gasteiger partial charge is 0.359 e. The lowest BCUT2D eigenvalue weighted by atomic mass is 10.2. The van der Waals surface area contributed by atoms with Crippen LogP contribution in [0.15, 0.2) is 34.5 Å². The zero-order chi connectivity index (χ0) is 15.7. The summed E-state index contributed by atoms with van der Waals surface area (Å²) >= 11 is 0. The number of aromatic amines is 1. The molecule has 3 N–H and O–H groups in total. The number of sulfone groups is 1. The average molecular weight is 322 g/mol. The highest BCUT2D eigenvalue weighted by atomic mass is 32.2. The van der Waals surface area contributed by atoms with Crippen molar-refractivity contribution in [2.45, 2.75) is 12.5 Å². The number of rotatable bonds is 2. The number of para-hydroxylation sites is 1. The number of benzene rings is 1. The summed E-state index contributed by atoms with van der Waals surface area (Å²) in [7, 11) is -3.07. The molecule has 1 saturated heterocycles. The molecule has 0 aliphatic carbocycles. The number of nitrogens with zero attached hydrogens (tertiary/aromatic N) is 2. The van der Waals surface area contributed by atoms with Crippen LogP contribution in [0.5, 0.6) is 5.88 Å². The van der Waals surface area contributed by atoms with Gasteiger partial charge in [-0.3, -0.25) is 0 Å². The van der Waals surface area contributed by atoms with Crippen LogP contribution in [0.3, 0.4) is 0 Å². The fraction of sp³-hybridized carbons (Fsp3) is 0.308. The van der Waals surface area contributed by atoms with Gasteiger partial charge in [-0.25, -0.2) is 13.2 Å². The Bertz CT molecular complexity index is 856. The van der Waals surface area contributed by atoms with Crippen molar-refractivity contribution in [1.29, 1.82) is 0 Å². The van der Waals surface area contributed by atoms with Crippen molar-refractivity contribution >= 4 is 32.5 Å². The molecule has 1 aromatic heterocycles. The molecule has 1 aliphatic rings. The van der Waals surface area contributed by atoms with E-state index in [4.69, 9.17) is 0 Å². The number of carbonyl (C=O) groups is 1. The molecule has 1 atom stereocenters. The van der Waals surface area contributed by atoms with E-state index < -0.39 is 21.9 Å². The number of aromatic nitrogens is 1. The maximum absolute atomic E-state index is 11.7. The van der Waals surface area contributed by atoms with Gasteiger partial charge in [-0.2, -0.15) is 0 Å². The minimum atomic E-state index is -3.07. The summed E-state index contributed by atoms with van der Waals surface area (Å²) in [5.74, 6) is -0.188. The predicted octanol–water partition coefficient (Wildman–Crippen LogP) is 1.85. The number of azo groups is 1. The van der Waals surface area contributed by atoms with Gasteiger partial charge in [0.05, 0.1) is 17.0 Å². The number of urea groups is 1. The number of hydrogen-bond donors (Lipinski definition) is 3. The molecule has 1 unspecified atom stereocenters. The normalized spacial score (nSPS) is 20.6. The maximum Gasteiger partial charge on any atom is 0.359 e. The molecule has 8 nitrogen and oxygen atoms in total. The lowest BCUT2D eigenvalue weighted by Crippen LogP contribution is -2.33. The van der Waals surface area contributed by atoms with Crippen molar-refractivity contribution in [3.63, 3.8) is 0 Å². The molecule has 1 aromatic carbocycles. The summed E-state index contributed by atoms with van der Waals surface area (Å²) in [5.41, 5.74) is 0.848. The Morgan fingerprint density at radius 2 is 2.14 bits per heavy atom. The van der Waals surface area contributed by atoms with Crippen molar-refractivity contribution < 1.29 is 18.3 Å². The van der Waals surface area contributed by atoms with Gasteiger partial charge in [-0.05, 0) is 12.5 Å². The highest BCUT2D eigenvalue weighted by molar-refractivity contribution is 7.91. The number of carbonyl (C=O) groups excluding carboxylic acids is 1. The Hall–Kier alpha value is -2.42. The van der Waals surface area contributed by atoms with Crippen LogP contribution in [-0.2, 0) is 9.84 Å². The van der Waals surface area contributed by atoms with Crippen LogP contribution < -0.4 is 5.32 Å². The third kappa shape index (κ3) is 2.93. The molecule has 2 heterocycles. The number of aromatic hydroxyl groups is 1. The fourth-order valence-corrected chi connectivity index (χ4v) is 4.10. The third-order valence-electron chi connectivity index (χ3n) is 3.46. The maximum atomic E-state index is 11.7. The number of fused-ring (bicyclic) bond motifs is 1. The van der Waals surface area contributed by atoms with Gasteiger partial charge in [-0.15, -0.1) is 5.11 Å². The topological polar surface area (TPSA) is 124 Å². The van der Waals surface area contributed by atoms with Crippen LogP contribution in [0.2, 0.25) is 0 Å². The lowest BCUT2D eigenvalue weighted by molar-refractivity contribution is 0.245. The van der Waals surface area contributed by atoms with Crippen molar-refractivity contribution in [2.75, 3.05) is 11.5 Å². The second-order valence-corrected chi connectivity index (χ2v) is 7.35. The Balaban J connectivity index is 1.73. The summed E-state index contributed by atoms with van der Waals surface area (Å²) < 4.78 is 22.6. The first-order chi connectivity index (χ1) is 10.4. The number of H-pyrrole nitrogens is 1. The van der Waals surface area contributed by atoms with Gasteiger partial charge in [0.15, 0.2) is 15.5 Å². The number of amides is 2. The van der Waals surface area contributed by atoms with E-state index in [1.807, 2.05) is 0 Å². The van der Waals surface area contributed by atoms with Crippen molar-refractivity contribution in [3.05, 3.63) is 24.3 Å². The molecule has 0 spiro atoms. The molecule has 2 amide bonds. The van der Waals surface area contributed by atoms with E-state index in [1.165, 1.54) is 0 Å². The fourth-order valence-electron chi connectivity index (χ4n) is 2.42. The zero-order valence-electron chi connectivity index (χ0n) is 11.5. The van der Waals surface area contributed by atoms with Crippen LogP contribution in [0.25, 0.3) is 10.9 Å². The van der Waals surface area contributed by atoms with Crippen molar-refractivity contribution in [1.82, 2.24) is 10.3 Å².